The van der Waals surface area contributed by atoms with Gasteiger partial charge in [-0.15, -0.1) is 0 Å². The molecule has 1 aliphatic rings. The van der Waals surface area contributed by atoms with E-state index in [-0.39, 0.29) is 11.8 Å². The van der Waals surface area contributed by atoms with Crippen molar-refractivity contribution in [1.29, 1.82) is 0 Å². The molecule has 0 aliphatic carbocycles. The summed E-state index contributed by atoms with van der Waals surface area (Å²) in [6.07, 6.45) is 2.66. The third-order valence-corrected chi connectivity index (χ3v) is 5.23. The van der Waals surface area contributed by atoms with E-state index < -0.39 is 0 Å². The number of nitrogens with one attached hydrogen (secondary N) is 1. The number of halogens is 1. The first-order valence-electron chi connectivity index (χ1n) is 9.04. The van der Waals surface area contributed by atoms with Gasteiger partial charge in [0.25, 0.3) is 0 Å². The molecule has 1 heterocycles. The molecule has 1 amide bonds. The van der Waals surface area contributed by atoms with Crippen LogP contribution in [0, 0.1) is 0 Å². The van der Waals surface area contributed by atoms with E-state index in [0.717, 1.165) is 56.3 Å². The maximum Gasteiger partial charge on any atom is 0.222 e. The zero-order valence-corrected chi connectivity index (χ0v) is 15.9. The maximum absolute atomic E-state index is 12.7. The van der Waals surface area contributed by atoms with Gasteiger partial charge in [-0.3, -0.25) is 4.79 Å². The summed E-state index contributed by atoms with van der Waals surface area (Å²) in [6.45, 7) is 9.04. The predicted octanol–water partition coefficient (Wildman–Crippen LogP) is 3.82. The number of carbonyl (C=O) groups excluding carboxylic acids is 1. The van der Waals surface area contributed by atoms with Crippen LogP contribution in [0.3, 0.4) is 0 Å². The zero-order valence-electron chi connectivity index (χ0n) is 15.1. The van der Waals surface area contributed by atoms with Crippen LogP contribution in [-0.4, -0.2) is 55.5 Å². The SMILES string of the molecule is CCN(CC)CCN(C)C(=O)CC1CCCNc2ccc(Cl)cc21. The molecule has 0 radical (unpaired) electrons. The van der Waals surface area contributed by atoms with Gasteiger partial charge in [-0.25, -0.2) is 0 Å². The first kappa shape index (κ1) is 19.1. The van der Waals surface area contributed by atoms with Gasteiger partial charge in [0, 0.05) is 43.8 Å². The lowest BCUT2D eigenvalue weighted by Gasteiger charge is -2.25. The predicted molar refractivity (Wildman–Crippen MR) is 102 cm³/mol. The van der Waals surface area contributed by atoms with Crippen molar-refractivity contribution in [2.75, 3.05) is 45.1 Å². The zero-order chi connectivity index (χ0) is 17.5. The Morgan fingerprint density at radius 2 is 2.04 bits per heavy atom. The fourth-order valence-corrected chi connectivity index (χ4v) is 3.47. The molecule has 0 aromatic heterocycles. The summed E-state index contributed by atoms with van der Waals surface area (Å²) in [5.74, 6) is 0.470. The Kier molecular flexibility index (Phi) is 7.38. The molecule has 1 aliphatic heterocycles. The van der Waals surface area contributed by atoms with E-state index in [4.69, 9.17) is 11.6 Å². The van der Waals surface area contributed by atoms with Crippen molar-refractivity contribution >= 4 is 23.2 Å². The van der Waals surface area contributed by atoms with Crippen LogP contribution in [0.1, 0.15) is 44.6 Å². The Bertz CT molecular complexity index is 545. The fourth-order valence-electron chi connectivity index (χ4n) is 3.29. The van der Waals surface area contributed by atoms with E-state index in [0.29, 0.717) is 6.42 Å². The van der Waals surface area contributed by atoms with Gasteiger partial charge >= 0.3 is 0 Å². The largest absolute Gasteiger partial charge is 0.385 e. The highest BCUT2D eigenvalue weighted by Gasteiger charge is 2.23. The molecule has 1 unspecified atom stereocenters. The minimum atomic E-state index is 0.222. The van der Waals surface area contributed by atoms with Crippen LogP contribution >= 0.6 is 11.6 Å². The molecular weight excluding hydrogens is 322 g/mol. The minimum Gasteiger partial charge on any atom is -0.385 e. The Morgan fingerprint density at radius 3 is 2.75 bits per heavy atom. The second kappa shape index (κ2) is 9.28. The highest BCUT2D eigenvalue weighted by molar-refractivity contribution is 6.30. The summed E-state index contributed by atoms with van der Waals surface area (Å²) in [5, 5.41) is 4.19. The highest BCUT2D eigenvalue weighted by Crippen LogP contribution is 2.35. The van der Waals surface area contributed by atoms with Crippen LogP contribution in [0.2, 0.25) is 5.02 Å². The Balaban J connectivity index is 1.99. The number of fused-ring (bicyclic) bond motifs is 1. The normalized spacial score (nSPS) is 17.1. The molecule has 1 aromatic carbocycles. The second-order valence-electron chi connectivity index (χ2n) is 6.54. The van der Waals surface area contributed by atoms with Crippen molar-refractivity contribution in [2.45, 2.75) is 39.0 Å². The number of hydrogen-bond acceptors (Lipinski definition) is 3. The molecule has 0 bridgehead atoms. The van der Waals surface area contributed by atoms with E-state index in [9.17, 15) is 4.79 Å². The van der Waals surface area contributed by atoms with E-state index >= 15 is 0 Å². The number of benzene rings is 1. The summed E-state index contributed by atoms with van der Waals surface area (Å²) >= 11 is 6.18. The molecule has 5 heteroatoms. The van der Waals surface area contributed by atoms with Crippen LogP contribution in [-0.2, 0) is 4.79 Å². The number of rotatable bonds is 7. The number of likely N-dealkylation sites (N-methyl/N-ethyl adjacent to an activating group) is 2. The standard InChI is InChI=1S/C19H30ClN3O/c1-4-23(5-2)12-11-22(3)19(24)13-15-7-6-10-21-18-9-8-16(20)14-17(15)18/h8-9,14-15,21H,4-7,10-13H2,1-3H3. The average molecular weight is 352 g/mol. The van der Waals surface area contributed by atoms with Gasteiger partial charge < -0.3 is 15.1 Å². The molecular formula is C19H30ClN3O. The van der Waals surface area contributed by atoms with Gasteiger partial charge in [0.2, 0.25) is 5.91 Å². The van der Waals surface area contributed by atoms with Crippen molar-refractivity contribution in [3.63, 3.8) is 0 Å². The quantitative estimate of drug-likeness (QED) is 0.811. The lowest BCUT2D eigenvalue weighted by molar-refractivity contribution is -0.130. The summed E-state index contributed by atoms with van der Waals surface area (Å²) in [6, 6.07) is 5.96. The van der Waals surface area contributed by atoms with Crippen LogP contribution in [0.5, 0.6) is 0 Å². The number of hydrogen-bond donors (Lipinski definition) is 1. The number of anilines is 1. The Hall–Kier alpha value is -1.26. The molecule has 0 fully saturated rings. The molecule has 24 heavy (non-hydrogen) atoms. The number of carbonyl (C=O) groups is 1. The van der Waals surface area contributed by atoms with E-state index in [1.807, 2.05) is 30.1 Å². The van der Waals surface area contributed by atoms with Crippen molar-refractivity contribution in [2.24, 2.45) is 0 Å². The van der Waals surface area contributed by atoms with Crippen molar-refractivity contribution in [1.82, 2.24) is 9.80 Å². The van der Waals surface area contributed by atoms with E-state index in [1.165, 1.54) is 5.56 Å². The van der Waals surface area contributed by atoms with Crippen LogP contribution in [0.4, 0.5) is 5.69 Å². The molecule has 2 rings (SSSR count). The fraction of sp³-hybridized carbons (Fsp3) is 0.632. The van der Waals surface area contributed by atoms with E-state index in [2.05, 4.69) is 24.1 Å². The lowest BCUT2D eigenvalue weighted by Crippen LogP contribution is -2.36. The van der Waals surface area contributed by atoms with Gasteiger partial charge in [-0.1, -0.05) is 25.4 Å². The molecule has 134 valence electrons. The molecule has 0 saturated carbocycles. The minimum absolute atomic E-state index is 0.222. The second-order valence-corrected chi connectivity index (χ2v) is 6.98. The van der Waals surface area contributed by atoms with Crippen molar-refractivity contribution in [3.05, 3.63) is 28.8 Å². The number of nitrogens with zero attached hydrogens (tertiary/aromatic N) is 2. The topological polar surface area (TPSA) is 35.6 Å². The Labute approximate surface area is 151 Å². The van der Waals surface area contributed by atoms with E-state index in [1.54, 1.807) is 0 Å². The van der Waals surface area contributed by atoms with Crippen LogP contribution in [0.15, 0.2) is 18.2 Å². The molecule has 0 saturated heterocycles. The maximum atomic E-state index is 12.7. The molecule has 0 spiro atoms. The average Bonchev–Trinajstić information content (AvgIpc) is 2.77. The molecule has 1 N–H and O–H groups in total. The smallest absolute Gasteiger partial charge is 0.222 e. The number of amides is 1. The molecule has 4 nitrogen and oxygen atoms in total. The summed E-state index contributed by atoms with van der Waals surface area (Å²) in [7, 11) is 1.92. The Morgan fingerprint density at radius 1 is 1.29 bits per heavy atom. The summed E-state index contributed by atoms with van der Waals surface area (Å²) in [5.41, 5.74) is 2.31. The van der Waals surface area contributed by atoms with Crippen molar-refractivity contribution in [3.8, 4) is 0 Å². The highest BCUT2D eigenvalue weighted by atomic mass is 35.5. The summed E-state index contributed by atoms with van der Waals surface area (Å²) in [4.78, 5) is 16.9. The molecule has 1 aromatic rings. The monoisotopic (exact) mass is 351 g/mol. The first-order valence-corrected chi connectivity index (χ1v) is 9.42. The van der Waals surface area contributed by atoms with Gasteiger partial charge in [-0.2, -0.15) is 0 Å². The third-order valence-electron chi connectivity index (χ3n) is 4.99. The van der Waals surface area contributed by atoms with Gasteiger partial charge in [-0.05, 0) is 55.6 Å². The lowest BCUT2D eigenvalue weighted by atomic mass is 9.90. The summed E-state index contributed by atoms with van der Waals surface area (Å²) < 4.78 is 0. The van der Waals surface area contributed by atoms with Crippen LogP contribution < -0.4 is 5.32 Å². The third kappa shape index (κ3) is 5.12. The van der Waals surface area contributed by atoms with Gasteiger partial charge in [0.05, 0.1) is 0 Å². The van der Waals surface area contributed by atoms with Gasteiger partial charge in [0.1, 0.15) is 0 Å². The van der Waals surface area contributed by atoms with Crippen molar-refractivity contribution < 1.29 is 4.79 Å². The van der Waals surface area contributed by atoms with Crippen LogP contribution in [0.25, 0.3) is 0 Å². The van der Waals surface area contributed by atoms with Gasteiger partial charge in [0.15, 0.2) is 0 Å². The first-order chi connectivity index (χ1) is 11.5. The molecule has 1 atom stereocenters.